The third-order valence-electron chi connectivity index (χ3n) is 3.19. The first-order valence-electron chi connectivity index (χ1n) is 6.02. The molecule has 0 aliphatic heterocycles. The van der Waals surface area contributed by atoms with E-state index in [-0.39, 0.29) is 5.97 Å². The molecule has 3 heteroatoms. The van der Waals surface area contributed by atoms with E-state index < -0.39 is 0 Å². The molecule has 1 rings (SSSR count). The van der Waals surface area contributed by atoms with Crippen molar-refractivity contribution in [3.8, 4) is 0 Å². The summed E-state index contributed by atoms with van der Waals surface area (Å²) < 4.78 is 4.58. The summed E-state index contributed by atoms with van der Waals surface area (Å²) in [5, 5.41) is 3.45. The van der Waals surface area contributed by atoms with Crippen molar-refractivity contribution >= 4 is 5.97 Å². The Labute approximate surface area is 92.6 Å². The average Bonchev–Trinajstić information content (AvgIpc) is 2.18. The number of rotatable bonds is 7. The van der Waals surface area contributed by atoms with Crippen molar-refractivity contribution in [3.63, 3.8) is 0 Å². The van der Waals surface area contributed by atoms with Crippen molar-refractivity contribution < 1.29 is 9.53 Å². The van der Waals surface area contributed by atoms with Gasteiger partial charge in [-0.25, -0.2) is 0 Å². The van der Waals surface area contributed by atoms with E-state index in [1.54, 1.807) is 0 Å². The summed E-state index contributed by atoms with van der Waals surface area (Å²) in [6.07, 6.45) is 6.93. The standard InChI is InChI=1S/C12H23NO2/c1-10(9-11-5-3-6-11)13-8-4-7-12(14)15-2/h10-11,13H,3-9H2,1-2H3. The summed E-state index contributed by atoms with van der Waals surface area (Å²) in [5.41, 5.74) is 0. The van der Waals surface area contributed by atoms with Crippen LogP contribution in [0.4, 0.5) is 0 Å². The van der Waals surface area contributed by atoms with E-state index in [0.29, 0.717) is 12.5 Å². The van der Waals surface area contributed by atoms with E-state index in [0.717, 1.165) is 18.9 Å². The molecule has 1 aliphatic carbocycles. The highest BCUT2D eigenvalue weighted by atomic mass is 16.5. The number of methoxy groups -OCH3 is 1. The highest BCUT2D eigenvalue weighted by Gasteiger charge is 2.19. The maximum Gasteiger partial charge on any atom is 0.305 e. The molecule has 1 N–H and O–H groups in total. The van der Waals surface area contributed by atoms with Crippen molar-refractivity contribution in [2.75, 3.05) is 13.7 Å². The fraction of sp³-hybridized carbons (Fsp3) is 0.917. The fourth-order valence-corrected chi connectivity index (χ4v) is 2.00. The molecule has 0 bridgehead atoms. The van der Waals surface area contributed by atoms with Crippen LogP contribution in [0.2, 0.25) is 0 Å². The molecule has 1 fully saturated rings. The molecule has 0 spiro atoms. The zero-order valence-electron chi connectivity index (χ0n) is 9.92. The number of esters is 1. The van der Waals surface area contributed by atoms with E-state index in [9.17, 15) is 4.79 Å². The molecule has 1 atom stereocenters. The second-order valence-corrected chi connectivity index (χ2v) is 4.57. The molecule has 1 aliphatic rings. The Bertz CT molecular complexity index is 190. The molecule has 0 aromatic heterocycles. The van der Waals surface area contributed by atoms with Crippen molar-refractivity contribution in [3.05, 3.63) is 0 Å². The Kier molecular flexibility index (Phi) is 5.69. The van der Waals surface area contributed by atoms with Crippen molar-refractivity contribution in [2.45, 2.75) is 51.5 Å². The van der Waals surface area contributed by atoms with Crippen molar-refractivity contribution in [1.29, 1.82) is 0 Å². The molecular weight excluding hydrogens is 190 g/mol. The van der Waals surface area contributed by atoms with Gasteiger partial charge in [0.2, 0.25) is 0 Å². The monoisotopic (exact) mass is 213 g/mol. The second-order valence-electron chi connectivity index (χ2n) is 4.57. The molecule has 0 aromatic carbocycles. The smallest absolute Gasteiger partial charge is 0.305 e. The lowest BCUT2D eigenvalue weighted by Crippen LogP contribution is -2.31. The molecule has 0 amide bonds. The first-order chi connectivity index (χ1) is 7.22. The minimum Gasteiger partial charge on any atom is -0.469 e. The van der Waals surface area contributed by atoms with Crippen LogP contribution in [0.3, 0.4) is 0 Å². The van der Waals surface area contributed by atoms with E-state index >= 15 is 0 Å². The van der Waals surface area contributed by atoms with Gasteiger partial charge >= 0.3 is 5.97 Å². The lowest BCUT2D eigenvalue weighted by Gasteiger charge is -2.28. The van der Waals surface area contributed by atoms with E-state index in [1.165, 1.54) is 32.8 Å². The Morgan fingerprint density at radius 2 is 2.27 bits per heavy atom. The molecule has 1 saturated carbocycles. The van der Waals surface area contributed by atoms with Gasteiger partial charge in [0.25, 0.3) is 0 Å². The molecule has 3 nitrogen and oxygen atoms in total. The van der Waals surface area contributed by atoms with Crippen LogP contribution in [-0.4, -0.2) is 25.7 Å². The van der Waals surface area contributed by atoms with Crippen LogP contribution in [0.25, 0.3) is 0 Å². The third-order valence-corrected chi connectivity index (χ3v) is 3.19. The van der Waals surface area contributed by atoms with Crippen molar-refractivity contribution in [2.24, 2.45) is 5.92 Å². The SMILES string of the molecule is COC(=O)CCCNC(C)CC1CCC1. The molecule has 0 saturated heterocycles. The molecule has 0 heterocycles. The zero-order valence-corrected chi connectivity index (χ0v) is 9.92. The first-order valence-corrected chi connectivity index (χ1v) is 6.02. The van der Waals surface area contributed by atoms with E-state index in [4.69, 9.17) is 0 Å². The Morgan fingerprint density at radius 3 is 2.80 bits per heavy atom. The molecule has 0 radical (unpaired) electrons. The summed E-state index contributed by atoms with van der Waals surface area (Å²) in [6.45, 7) is 3.15. The van der Waals surface area contributed by atoms with Gasteiger partial charge in [0.05, 0.1) is 7.11 Å². The summed E-state index contributed by atoms with van der Waals surface area (Å²) in [6, 6.07) is 0.591. The maximum absolute atomic E-state index is 10.8. The van der Waals surface area contributed by atoms with Gasteiger partial charge in [-0.15, -0.1) is 0 Å². The minimum atomic E-state index is -0.108. The van der Waals surface area contributed by atoms with Gasteiger partial charge in [-0.1, -0.05) is 19.3 Å². The van der Waals surface area contributed by atoms with Gasteiger partial charge in [-0.3, -0.25) is 4.79 Å². The minimum absolute atomic E-state index is 0.108. The summed E-state index contributed by atoms with van der Waals surface area (Å²) >= 11 is 0. The van der Waals surface area contributed by atoms with Crippen LogP contribution in [0.5, 0.6) is 0 Å². The second kappa shape index (κ2) is 6.83. The Morgan fingerprint density at radius 1 is 1.53 bits per heavy atom. The van der Waals surface area contributed by atoms with E-state index in [1.807, 2.05) is 0 Å². The van der Waals surface area contributed by atoms with Crippen LogP contribution >= 0.6 is 0 Å². The molecule has 15 heavy (non-hydrogen) atoms. The highest BCUT2D eigenvalue weighted by molar-refractivity contribution is 5.69. The topological polar surface area (TPSA) is 38.3 Å². The first kappa shape index (κ1) is 12.5. The number of hydrogen-bond acceptors (Lipinski definition) is 3. The van der Waals surface area contributed by atoms with Crippen molar-refractivity contribution in [1.82, 2.24) is 5.32 Å². The quantitative estimate of drug-likeness (QED) is 0.520. The number of carbonyl (C=O) groups is 1. The van der Waals surface area contributed by atoms with E-state index in [2.05, 4.69) is 17.0 Å². The van der Waals surface area contributed by atoms with Gasteiger partial charge in [-0.2, -0.15) is 0 Å². The molecular formula is C12H23NO2. The van der Waals surface area contributed by atoms with Gasteiger partial charge in [0, 0.05) is 12.5 Å². The van der Waals surface area contributed by atoms with Crippen LogP contribution < -0.4 is 5.32 Å². The Hall–Kier alpha value is -0.570. The number of carbonyl (C=O) groups excluding carboxylic acids is 1. The predicted molar refractivity (Wildman–Crippen MR) is 60.7 cm³/mol. The molecule has 1 unspecified atom stereocenters. The maximum atomic E-state index is 10.8. The largest absolute Gasteiger partial charge is 0.469 e. The number of nitrogens with one attached hydrogen (secondary N) is 1. The van der Waals surface area contributed by atoms with Crippen LogP contribution in [0, 0.1) is 5.92 Å². The van der Waals surface area contributed by atoms with Crippen LogP contribution in [-0.2, 0) is 9.53 Å². The highest BCUT2D eigenvalue weighted by Crippen LogP contribution is 2.30. The van der Waals surface area contributed by atoms with Gasteiger partial charge in [-0.05, 0) is 32.2 Å². The third kappa shape index (κ3) is 5.17. The van der Waals surface area contributed by atoms with Gasteiger partial charge < -0.3 is 10.1 Å². The Balaban J connectivity index is 1.91. The van der Waals surface area contributed by atoms with Crippen LogP contribution in [0.15, 0.2) is 0 Å². The van der Waals surface area contributed by atoms with Gasteiger partial charge in [0.15, 0.2) is 0 Å². The lowest BCUT2D eigenvalue weighted by molar-refractivity contribution is -0.140. The predicted octanol–water partition coefficient (Wildman–Crippen LogP) is 2.11. The zero-order chi connectivity index (χ0) is 11.1. The summed E-state index contributed by atoms with van der Waals surface area (Å²) in [5.74, 6) is 0.844. The van der Waals surface area contributed by atoms with Crippen LogP contribution in [0.1, 0.15) is 45.4 Å². The average molecular weight is 213 g/mol. The molecule has 0 aromatic rings. The number of ether oxygens (including phenoxy) is 1. The lowest BCUT2D eigenvalue weighted by atomic mass is 9.81. The fourth-order valence-electron chi connectivity index (χ4n) is 2.00. The molecule has 88 valence electrons. The normalized spacial score (nSPS) is 18.3. The summed E-state index contributed by atoms with van der Waals surface area (Å²) in [4.78, 5) is 10.8. The number of hydrogen-bond donors (Lipinski definition) is 1. The summed E-state index contributed by atoms with van der Waals surface area (Å²) in [7, 11) is 1.44. The van der Waals surface area contributed by atoms with Gasteiger partial charge in [0.1, 0.15) is 0 Å².